The third kappa shape index (κ3) is 5.81. The molecular weight excluding hydrogens is 429 g/mol. The van der Waals surface area contributed by atoms with E-state index in [1.807, 2.05) is 43.4 Å². The summed E-state index contributed by atoms with van der Waals surface area (Å²) in [6, 6.07) is 16.2. The lowest BCUT2D eigenvalue weighted by atomic mass is 10.2. The summed E-state index contributed by atoms with van der Waals surface area (Å²) in [5.74, 6) is 2.29. The molecule has 0 aliphatic carbocycles. The number of aliphatic imine (C=N–C) groups is 1. The Morgan fingerprint density at radius 3 is 2.36 bits per heavy atom. The Labute approximate surface area is 167 Å². The van der Waals surface area contributed by atoms with Crippen molar-refractivity contribution in [1.29, 1.82) is 0 Å². The highest BCUT2D eigenvalue weighted by atomic mass is 127. The second-order valence-corrected chi connectivity index (χ2v) is 5.40. The number of methoxy groups -OCH3 is 2. The predicted octanol–water partition coefficient (Wildman–Crippen LogP) is 3.53. The molecule has 0 aromatic heterocycles. The second-order valence-electron chi connectivity index (χ2n) is 5.40. The zero-order valence-electron chi connectivity index (χ0n) is 15.2. The molecule has 0 fully saturated rings. The van der Waals surface area contributed by atoms with Crippen LogP contribution in [0.2, 0.25) is 0 Å². The number of guanidine groups is 1. The summed E-state index contributed by atoms with van der Waals surface area (Å²) < 4.78 is 10.8. The van der Waals surface area contributed by atoms with Crippen LogP contribution in [-0.2, 0) is 13.1 Å². The molecule has 0 saturated heterocycles. The van der Waals surface area contributed by atoms with E-state index in [0.717, 1.165) is 29.6 Å². The van der Waals surface area contributed by atoms with E-state index in [1.165, 1.54) is 5.56 Å². The zero-order chi connectivity index (χ0) is 17.4. The van der Waals surface area contributed by atoms with Crippen LogP contribution in [0.3, 0.4) is 0 Å². The van der Waals surface area contributed by atoms with Crippen molar-refractivity contribution in [2.75, 3.05) is 28.3 Å². The number of benzene rings is 2. The number of hydrogen-bond donors (Lipinski definition) is 1. The quantitative estimate of drug-likeness (QED) is 0.412. The number of nitrogens with zero attached hydrogens (tertiary/aromatic N) is 2. The van der Waals surface area contributed by atoms with Crippen molar-refractivity contribution in [2.24, 2.45) is 4.99 Å². The molecule has 6 heteroatoms. The van der Waals surface area contributed by atoms with Gasteiger partial charge in [0.1, 0.15) is 0 Å². The largest absolute Gasteiger partial charge is 0.493 e. The van der Waals surface area contributed by atoms with Crippen molar-refractivity contribution < 1.29 is 9.47 Å². The Balaban J connectivity index is 0.00000312. The van der Waals surface area contributed by atoms with E-state index >= 15 is 0 Å². The van der Waals surface area contributed by atoms with Crippen molar-refractivity contribution in [3.8, 4) is 11.5 Å². The van der Waals surface area contributed by atoms with Crippen LogP contribution in [0.5, 0.6) is 11.5 Å². The molecule has 25 heavy (non-hydrogen) atoms. The summed E-state index contributed by atoms with van der Waals surface area (Å²) in [6.45, 7) is 1.39. The Bertz CT molecular complexity index is 678. The molecule has 1 N–H and O–H groups in total. The zero-order valence-corrected chi connectivity index (χ0v) is 17.5. The van der Waals surface area contributed by atoms with Crippen molar-refractivity contribution in [3.05, 3.63) is 59.7 Å². The minimum atomic E-state index is 0. The highest BCUT2D eigenvalue weighted by Gasteiger charge is 2.11. The highest BCUT2D eigenvalue weighted by molar-refractivity contribution is 14.0. The third-order valence-electron chi connectivity index (χ3n) is 3.76. The molecular formula is C19H26IN3O2. The number of rotatable bonds is 6. The summed E-state index contributed by atoms with van der Waals surface area (Å²) in [7, 11) is 7.09. The molecule has 5 nitrogen and oxygen atoms in total. The van der Waals surface area contributed by atoms with Crippen LogP contribution in [0, 0.1) is 0 Å². The number of halogens is 1. The molecule has 0 unspecified atom stereocenters. The van der Waals surface area contributed by atoms with Gasteiger partial charge in [-0.05, 0) is 11.6 Å². The van der Waals surface area contributed by atoms with E-state index in [1.54, 1.807) is 21.3 Å². The standard InChI is InChI=1S/C19H25N3O2.HI/c1-20-19(22(2)14-15-9-6-5-7-10-15)21-13-16-11-8-12-17(23-3)18(16)24-4;/h5-12H,13-14H2,1-4H3,(H,20,21);1H. The van der Waals surface area contributed by atoms with Gasteiger partial charge in [-0.2, -0.15) is 0 Å². The minimum absolute atomic E-state index is 0. The van der Waals surface area contributed by atoms with Crippen LogP contribution in [0.25, 0.3) is 0 Å². The second kappa shape index (κ2) is 10.8. The number of nitrogens with one attached hydrogen (secondary N) is 1. The third-order valence-corrected chi connectivity index (χ3v) is 3.76. The van der Waals surface area contributed by atoms with Crippen molar-refractivity contribution in [1.82, 2.24) is 10.2 Å². The summed E-state index contributed by atoms with van der Waals surface area (Å²) in [5, 5.41) is 3.37. The first-order valence-corrected chi connectivity index (χ1v) is 7.85. The van der Waals surface area contributed by atoms with E-state index in [0.29, 0.717) is 6.54 Å². The van der Waals surface area contributed by atoms with E-state index in [4.69, 9.17) is 9.47 Å². The average Bonchev–Trinajstić information content (AvgIpc) is 2.62. The predicted molar refractivity (Wildman–Crippen MR) is 113 cm³/mol. The van der Waals surface area contributed by atoms with E-state index in [2.05, 4.69) is 27.3 Å². The lowest BCUT2D eigenvalue weighted by molar-refractivity contribution is 0.351. The molecule has 2 aromatic rings. The van der Waals surface area contributed by atoms with Crippen LogP contribution >= 0.6 is 24.0 Å². The molecule has 0 bridgehead atoms. The van der Waals surface area contributed by atoms with Gasteiger partial charge in [-0.25, -0.2) is 0 Å². The first-order chi connectivity index (χ1) is 11.7. The lowest BCUT2D eigenvalue weighted by Gasteiger charge is -2.23. The molecule has 0 heterocycles. The van der Waals surface area contributed by atoms with Crippen LogP contribution in [0.15, 0.2) is 53.5 Å². The van der Waals surface area contributed by atoms with Gasteiger partial charge in [0.15, 0.2) is 17.5 Å². The molecule has 0 aliphatic heterocycles. The van der Waals surface area contributed by atoms with Crippen molar-refractivity contribution in [3.63, 3.8) is 0 Å². The van der Waals surface area contributed by atoms with Gasteiger partial charge >= 0.3 is 0 Å². The summed E-state index contributed by atoms with van der Waals surface area (Å²) in [4.78, 5) is 6.44. The first kappa shape index (κ1) is 21.1. The van der Waals surface area contributed by atoms with Gasteiger partial charge in [-0.3, -0.25) is 4.99 Å². The first-order valence-electron chi connectivity index (χ1n) is 7.85. The lowest BCUT2D eigenvalue weighted by Crippen LogP contribution is -2.38. The van der Waals surface area contributed by atoms with E-state index in [-0.39, 0.29) is 24.0 Å². The molecule has 0 radical (unpaired) electrons. The summed E-state index contributed by atoms with van der Waals surface area (Å²) >= 11 is 0. The van der Waals surface area contributed by atoms with Gasteiger partial charge in [0.2, 0.25) is 0 Å². The van der Waals surface area contributed by atoms with Gasteiger partial charge in [-0.1, -0.05) is 42.5 Å². The van der Waals surface area contributed by atoms with Crippen LogP contribution in [-0.4, -0.2) is 39.2 Å². The Hall–Kier alpha value is -1.96. The Kier molecular flexibility index (Phi) is 9.12. The molecule has 0 spiro atoms. The average molecular weight is 455 g/mol. The Morgan fingerprint density at radius 2 is 1.76 bits per heavy atom. The Morgan fingerprint density at radius 1 is 1.04 bits per heavy atom. The van der Waals surface area contributed by atoms with Crippen LogP contribution in [0.1, 0.15) is 11.1 Å². The topological polar surface area (TPSA) is 46.1 Å². The number of para-hydroxylation sites is 1. The number of ether oxygens (including phenoxy) is 2. The van der Waals surface area contributed by atoms with Crippen molar-refractivity contribution >= 4 is 29.9 Å². The van der Waals surface area contributed by atoms with Gasteiger partial charge in [0.25, 0.3) is 0 Å². The maximum atomic E-state index is 5.47. The van der Waals surface area contributed by atoms with Crippen molar-refractivity contribution in [2.45, 2.75) is 13.1 Å². The normalized spacial score (nSPS) is 10.6. The minimum Gasteiger partial charge on any atom is -0.493 e. The fraction of sp³-hybridized carbons (Fsp3) is 0.316. The van der Waals surface area contributed by atoms with E-state index < -0.39 is 0 Å². The summed E-state index contributed by atoms with van der Waals surface area (Å²) in [5.41, 5.74) is 2.26. The monoisotopic (exact) mass is 455 g/mol. The number of hydrogen-bond acceptors (Lipinski definition) is 3. The molecule has 0 aliphatic rings. The van der Waals surface area contributed by atoms with Crippen LogP contribution < -0.4 is 14.8 Å². The molecule has 136 valence electrons. The highest BCUT2D eigenvalue weighted by Crippen LogP contribution is 2.30. The fourth-order valence-electron chi connectivity index (χ4n) is 2.58. The fourth-order valence-corrected chi connectivity index (χ4v) is 2.58. The molecule has 0 amide bonds. The molecule has 2 aromatic carbocycles. The molecule has 2 rings (SSSR count). The molecule has 0 saturated carbocycles. The smallest absolute Gasteiger partial charge is 0.193 e. The van der Waals surface area contributed by atoms with Gasteiger partial charge in [-0.15, -0.1) is 24.0 Å². The SMILES string of the molecule is CN=C(NCc1cccc(OC)c1OC)N(C)Cc1ccccc1.I. The summed E-state index contributed by atoms with van der Waals surface area (Å²) in [6.07, 6.45) is 0. The maximum absolute atomic E-state index is 5.47. The van der Waals surface area contributed by atoms with Gasteiger partial charge < -0.3 is 19.7 Å². The van der Waals surface area contributed by atoms with Gasteiger partial charge in [0, 0.05) is 32.7 Å². The van der Waals surface area contributed by atoms with Gasteiger partial charge in [0.05, 0.1) is 14.2 Å². The molecule has 0 atom stereocenters. The maximum Gasteiger partial charge on any atom is 0.193 e. The van der Waals surface area contributed by atoms with Crippen LogP contribution in [0.4, 0.5) is 0 Å². The van der Waals surface area contributed by atoms with E-state index in [9.17, 15) is 0 Å².